The summed E-state index contributed by atoms with van der Waals surface area (Å²) in [4.78, 5) is 28.7. The second kappa shape index (κ2) is 4.82. The van der Waals surface area contributed by atoms with Crippen LogP contribution in [0.5, 0.6) is 0 Å². The highest BCUT2D eigenvalue weighted by Gasteiger charge is 2.42. The van der Waals surface area contributed by atoms with Gasteiger partial charge in [0.05, 0.1) is 0 Å². The van der Waals surface area contributed by atoms with Gasteiger partial charge in [-0.05, 0) is 18.3 Å². The van der Waals surface area contributed by atoms with Crippen molar-refractivity contribution in [2.75, 3.05) is 6.54 Å². The van der Waals surface area contributed by atoms with Crippen molar-refractivity contribution >= 4 is 17.4 Å². The lowest BCUT2D eigenvalue weighted by Crippen LogP contribution is -2.50. The van der Waals surface area contributed by atoms with Crippen molar-refractivity contribution in [3.8, 4) is 0 Å². The van der Waals surface area contributed by atoms with Gasteiger partial charge < -0.3 is 5.32 Å². The molecule has 100 valence electrons. The van der Waals surface area contributed by atoms with Crippen molar-refractivity contribution < 1.29 is 9.59 Å². The lowest BCUT2D eigenvalue weighted by atomic mass is 9.71. The predicted molar refractivity (Wildman–Crippen MR) is 70.7 cm³/mol. The van der Waals surface area contributed by atoms with Gasteiger partial charge in [0.15, 0.2) is 11.6 Å². The number of nitrogens with one attached hydrogen (secondary N) is 1. The molecular weight excluding hydrogens is 228 g/mol. The normalized spacial score (nSPS) is 28.8. The van der Waals surface area contributed by atoms with Gasteiger partial charge in [-0.2, -0.15) is 0 Å². The van der Waals surface area contributed by atoms with Crippen LogP contribution in [-0.2, 0) is 9.59 Å². The summed E-state index contributed by atoms with van der Waals surface area (Å²) >= 11 is 0. The fraction of sp³-hybridized carbons (Fsp3) is 0.786. The van der Waals surface area contributed by atoms with Crippen LogP contribution >= 0.6 is 0 Å². The molecule has 0 saturated heterocycles. The molecule has 0 aromatic rings. The molecule has 0 amide bonds. The molecule has 1 N–H and O–H groups in total. The van der Waals surface area contributed by atoms with Gasteiger partial charge >= 0.3 is 0 Å². The number of carbonyl (C=O) groups excluding carboxylic acids is 2. The zero-order valence-electron chi connectivity index (χ0n) is 11.5. The fourth-order valence-electron chi connectivity index (χ4n) is 2.84. The first-order chi connectivity index (χ1) is 8.43. The van der Waals surface area contributed by atoms with Crippen LogP contribution in [0.4, 0.5) is 0 Å². The van der Waals surface area contributed by atoms with Gasteiger partial charge in [-0.3, -0.25) is 14.6 Å². The van der Waals surface area contributed by atoms with Crippen LogP contribution in [0.25, 0.3) is 0 Å². The number of carbonyl (C=O) groups is 2. The maximum atomic E-state index is 12.2. The van der Waals surface area contributed by atoms with E-state index in [0.29, 0.717) is 24.7 Å². The SMILES string of the molecule is CCC1CCN=C(C2C(=O)CC(C)(C)CC2=O)N1. The van der Waals surface area contributed by atoms with Crippen molar-refractivity contribution in [1.29, 1.82) is 0 Å². The smallest absolute Gasteiger partial charge is 0.151 e. The van der Waals surface area contributed by atoms with Crippen LogP contribution in [0.2, 0.25) is 0 Å². The Hall–Kier alpha value is -1.19. The zero-order chi connectivity index (χ0) is 13.3. The fourth-order valence-corrected chi connectivity index (χ4v) is 2.84. The van der Waals surface area contributed by atoms with Crippen LogP contribution in [0, 0.1) is 11.3 Å². The molecule has 1 heterocycles. The summed E-state index contributed by atoms with van der Waals surface area (Å²) in [5.41, 5.74) is -0.190. The molecule has 0 aromatic heterocycles. The Balaban J connectivity index is 2.16. The van der Waals surface area contributed by atoms with Gasteiger partial charge in [-0.25, -0.2) is 0 Å². The minimum atomic E-state index is -0.618. The lowest BCUT2D eigenvalue weighted by Gasteiger charge is -2.34. The first-order valence-corrected chi connectivity index (χ1v) is 6.79. The van der Waals surface area contributed by atoms with E-state index in [1.54, 1.807) is 0 Å². The monoisotopic (exact) mass is 250 g/mol. The molecular formula is C14H22N2O2. The minimum Gasteiger partial charge on any atom is -0.370 e. The van der Waals surface area contributed by atoms with Gasteiger partial charge in [0.1, 0.15) is 11.8 Å². The van der Waals surface area contributed by atoms with Gasteiger partial charge in [0.25, 0.3) is 0 Å². The molecule has 1 saturated carbocycles. The van der Waals surface area contributed by atoms with Crippen molar-refractivity contribution in [3.05, 3.63) is 0 Å². The first-order valence-electron chi connectivity index (χ1n) is 6.79. The number of Topliss-reactive ketones (excluding diaryl/α,β-unsaturated/α-hetero) is 2. The van der Waals surface area contributed by atoms with Crippen molar-refractivity contribution in [2.45, 2.75) is 52.5 Å². The average molecular weight is 250 g/mol. The second-order valence-electron chi connectivity index (χ2n) is 6.19. The van der Waals surface area contributed by atoms with E-state index in [1.807, 2.05) is 13.8 Å². The van der Waals surface area contributed by atoms with Crippen LogP contribution in [0.3, 0.4) is 0 Å². The van der Waals surface area contributed by atoms with Crippen molar-refractivity contribution in [3.63, 3.8) is 0 Å². The molecule has 4 heteroatoms. The Morgan fingerprint density at radius 3 is 2.44 bits per heavy atom. The predicted octanol–water partition coefficient (Wildman–Crippen LogP) is 1.73. The van der Waals surface area contributed by atoms with Gasteiger partial charge in [-0.15, -0.1) is 0 Å². The molecule has 2 aliphatic rings. The highest BCUT2D eigenvalue weighted by atomic mass is 16.2. The molecule has 4 nitrogen and oxygen atoms in total. The molecule has 0 bridgehead atoms. The van der Waals surface area contributed by atoms with E-state index < -0.39 is 5.92 Å². The number of rotatable bonds is 2. The number of amidine groups is 1. The molecule has 1 fully saturated rings. The van der Waals surface area contributed by atoms with E-state index >= 15 is 0 Å². The van der Waals surface area contributed by atoms with E-state index in [1.165, 1.54) is 0 Å². The topological polar surface area (TPSA) is 58.5 Å². The summed E-state index contributed by atoms with van der Waals surface area (Å²) in [6.45, 7) is 6.78. The molecule has 0 aromatic carbocycles. The summed E-state index contributed by atoms with van der Waals surface area (Å²) in [6.07, 6.45) is 2.93. The van der Waals surface area contributed by atoms with Gasteiger partial charge in [-0.1, -0.05) is 20.8 Å². The second-order valence-corrected chi connectivity index (χ2v) is 6.19. The van der Waals surface area contributed by atoms with Gasteiger partial charge in [0, 0.05) is 25.4 Å². The highest BCUT2D eigenvalue weighted by molar-refractivity contribution is 6.22. The summed E-state index contributed by atoms with van der Waals surface area (Å²) in [6, 6.07) is 0.355. The molecule has 1 atom stereocenters. The Bertz CT molecular complexity index is 379. The summed E-state index contributed by atoms with van der Waals surface area (Å²) in [5, 5.41) is 3.27. The average Bonchev–Trinajstić information content (AvgIpc) is 2.26. The standard InChI is InChI=1S/C14H22N2O2/c1-4-9-5-6-15-13(16-9)12-10(17)7-14(2,3)8-11(12)18/h9,12H,4-8H2,1-3H3,(H,15,16). The third-order valence-corrected chi connectivity index (χ3v) is 3.83. The Kier molecular flexibility index (Phi) is 3.55. The molecule has 18 heavy (non-hydrogen) atoms. The Morgan fingerprint density at radius 2 is 1.89 bits per heavy atom. The molecule has 1 aliphatic heterocycles. The maximum Gasteiger partial charge on any atom is 0.151 e. The third kappa shape index (κ3) is 2.62. The largest absolute Gasteiger partial charge is 0.370 e. The van der Waals surface area contributed by atoms with Gasteiger partial charge in [0.2, 0.25) is 0 Å². The van der Waals surface area contributed by atoms with Crippen molar-refractivity contribution in [1.82, 2.24) is 5.32 Å². The molecule has 2 rings (SSSR count). The minimum absolute atomic E-state index is 0.0271. The highest BCUT2D eigenvalue weighted by Crippen LogP contribution is 2.34. The lowest BCUT2D eigenvalue weighted by molar-refractivity contribution is -0.136. The van der Waals surface area contributed by atoms with Crippen LogP contribution in [0.1, 0.15) is 46.5 Å². The van der Waals surface area contributed by atoms with Crippen LogP contribution in [0.15, 0.2) is 4.99 Å². The van der Waals surface area contributed by atoms with Crippen LogP contribution < -0.4 is 5.32 Å². The number of aliphatic imine (C=N–C) groups is 1. The maximum absolute atomic E-state index is 12.2. The quantitative estimate of drug-likeness (QED) is 0.759. The summed E-state index contributed by atoms with van der Waals surface area (Å²) < 4.78 is 0. The molecule has 1 unspecified atom stereocenters. The Morgan fingerprint density at radius 1 is 1.28 bits per heavy atom. The van der Waals surface area contributed by atoms with E-state index in [4.69, 9.17) is 0 Å². The number of ketones is 2. The number of nitrogens with zero attached hydrogens (tertiary/aromatic N) is 1. The van der Waals surface area contributed by atoms with E-state index in [0.717, 1.165) is 19.4 Å². The molecule has 1 aliphatic carbocycles. The van der Waals surface area contributed by atoms with E-state index in [2.05, 4.69) is 17.2 Å². The number of hydrogen-bond donors (Lipinski definition) is 1. The van der Waals surface area contributed by atoms with E-state index in [9.17, 15) is 9.59 Å². The molecule has 0 spiro atoms. The zero-order valence-corrected chi connectivity index (χ0v) is 11.5. The number of hydrogen-bond acceptors (Lipinski definition) is 4. The first kappa shape index (κ1) is 13.2. The molecule has 0 radical (unpaired) electrons. The van der Waals surface area contributed by atoms with Crippen LogP contribution in [-0.4, -0.2) is 30.0 Å². The Labute approximate surface area is 108 Å². The third-order valence-electron chi connectivity index (χ3n) is 3.83. The van der Waals surface area contributed by atoms with Crippen molar-refractivity contribution in [2.24, 2.45) is 16.3 Å². The summed E-state index contributed by atoms with van der Waals surface area (Å²) in [5.74, 6) is 0.0597. The van der Waals surface area contributed by atoms with E-state index in [-0.39, 0.29) is 17.0 Å². The summed E-state index contributed by atoms with van der Waals surface area (Å²) in [7, 11) is 0.